The molecule has 0 spiro atoms. The van der Waals surface area contributed by atoms with Crippen LogP contribution >= 0.6 is 11.6 Å². The number of carbonyl (C=O) groups is 1. The molecule has 0 saturated heterocycles. The van der Waals surface area contributed by atoms with Crippen molar-refractivity contribution >= 4 is 17.5 Å². The quantitative estimate of drug-likeness (QED) is 0.909. The van der Waals surface area contributed by atoms with Gasteiger partial charge in [0, 0.05) is 6.04 Å². The second-order valence-corrected chi connectivity index (χ2v) is 7.70. The van der Waals surface area contributed by atoms with E-state index in [2.05, 4.69) is 43.0 Å². The average molecular weight is 296 g/mol. The molecule has 0 unspecified atom stereocenters. The molecule has 110 valence electrons. The molecule has 0 aromatic carbocycles. The van der Waals surface area contributed by atoms with Gasteiger partial charge in [-0.3, -0.25) is 4.79 Å². The molecule has 0 atom stereocenters. The van der Waals surface area contributed by atoms with E-state index in [-0.39, 0.29) is 22.8 Å². The second kappa shape index (κ2) is 5.32. The lowest BCUT2D eigenvalue weighted by Crippen LogP contribution is -2.46. The molecule has 0 bridgehead atoms. The summed E-state index contributed by atoms with van der Waals surface area (Å²) in [6.07, 6.45) is 5.96. The van der Waals surface area contributed by atoms with Gasteiger partial charge in [0.05, 0.1) is 12.4 Å². The molecule has 1 N–H and O–H groups in total. The summed E-state index contributed by atoms with van der Waals surface area (Å²) < 4.78 is 0. The number of rotatable bonds is 2. The van der Waals surface area contributed by atoms with Crippen LogP contribution in [0.2, 0.25) is 5.15 Å². The van der Waals surface area contributed by atoms with Gasteiger partial charge in [-0.25, -0.2) is 9.97 Å². The van der Waals surface area contributed by atoms with Gasteiger partial charge in [-0.15, -0.1) is 0 Å². The van der Waals surface area contributed by atoms with E-state index < -0.39 is 0 Å². The third-order valence-corrected chi connectivity index (χ3v) is 3.94. The molecule has 4 nitrogen and oxygen atoms in total. The number of hydrogen-bond acceptors (Lipinski definition) is 3. The van der Waals surface area contributed by atoms with Crippen LogP contribution in [0.25, 0.3) is 0 Å². The van der Waals surface area contributed by atoms with Crippen LogP contribution in [0.3, 0.4) is 0 Å². The molecule has 5 heteroatoms. The van der Waals surface area contributed by atoms with E-state index in [0.29, 0.717) is 10.8 Å². The smallest absolute Gasteiger partial charge is 0.271 e. The van der Waals surface area contributed by atoms with Crippen molar-refractivity contribution in [2.45, 2.75) is 53.0 Å². The van der Waals surface area contributed by atoms with E-state index >= 15 is 0 Å². The molecule has 1 aliphatic rings. The fourth-order valence-electron chi connectivity index (χ4n) is 3.64. The molecule has 1 heterocycles. The van der Waals surface area contributed by atoms with Crippen molar-refractivity contribution in [2.24, 2.45) is 10.8 Å². The molecule has 1 saturated carbocycles. The van der Waals surface area contributed by atoms with Gasteiger partial charge < -0.3 is 5.32 Å². The Labute approximate surface area is 125 Å². The fourth-order valence-corrected chi connectivity index (χ4v) is 3.73. The Kier molecular flexibility index (Phi) is 4.05. The van der Waals surface area contributed by atoms with Crippen LogP contribution in [0.5, 0.6) is 0 Å². The number of nitrogens with zero attached hydrogens (tertiary/aromatic N) is 2. The largest absolute Gasteiger partial charge is 0.348 e. The van der Waals surface area contributed by atoms with Crippen molar-refractivity contribution in [3.05, 3.63) is 23.2 Å². The van der Waals surface area contributed by atoms with Crippen molar-refractivity contribution in [2.75, 3.05) is 0 Å². The normalized spacial score (nSPS) is 21.4. The van der Waals surface area contributed by atoms with Crippen LogP contribution in [0.4, 0.5) is 0 Å². The van der Waals surface area contributed by atoms with Crippen LogP contribution in [0.1, 0.15) is 57.4 Å². The topological polar surface area (TPSA) is 54.9 Å². The van der Waals surface area contributed by atoms with Gasteiger partial charge in [-0.1, -0.05) is 39.3 Å². The predicted octanol–water partition coefficient (Wildman–Crippen LogP) is 3.46. The van der Waals surface area contributed by atoms with E-state index in [1.165, 1.54) is 18.8 Å². The third-order valence-electron chi connectivity index (χ3n) is 3.74. The molecule has 0 aliphatic heterocycles. The Morgan fingerprint density at radius 2 is 1.80 bits per heavy atom. The summed E-state index contributed by atoms with van der Waals surface area (Å²) in [5, 5.41) is 3.37. The van der Waals surface area contributed by atoms with E-state index in [1.807, 2.05) is 0 Å². The highest BCUT2D eigenvalue weighted by Crippen LogP contribution is 2.45. The molecular formula is C15H22ClN3O. The molecule has 1 aromatic heterocycles. The SMILES string of the molecule is CC1(C)CC(NC(=O)c2cnc(Cl)cn2)CC(C)(C)C1. The zero-order chi connectivity index (χ0) is 15.0. The average Bonchev–Trinajstić information content (AvgIpc) is 2.25. The van der Waals surface area contributed by atoms with E-state index in [0.717, 1.165) is 12.8 Å². The first-order chi connectivity index (χ1) is 9.17. The van der Waals surface area contributed by atoms with Crippen LogP contribution in [0, 0.1) is 10.8 Å². The van der Waals surface area contributed by atoms with E-state index in [1.54, 1.807) is 0 Å². The summed E-state index contributed by atoms with van der Waals surface area (Å²) in [6, 6.07) is 0.179. The Morgan fingerprint density at radius 1 is 1.20 bits per heavy atom. The number of amides is 1. The summed E-state index contributed by atoms with van der Waals surface area (Å²) in [7, 11) is 0. The van der Waals surface area contributed by atoms with Crippen LogP contribution in [0.15, 0.2) is 12.4 Å². The van der Waals surface area contributed by atoms with E-state index in [4.69, 9.17) is 11.6 Å². The van der Waals surface area contributed by atoms with Gasteiger partial charge >= 0.3 is 0 Å². The zero-order valence-electron chi connectivity index (χ0n) is 12.5. The first-order valence-corrected chi connectivity index (χ1v) is 7.33. The minimum atomic E-state index is -0.173. The number of nitrogens with one attached hydrogen (secondary N) is 1. The van der Waals surface area contributed by atoms with Gasteiger partial charge in [0.25, 0.3) is 5.91 Å². The summed E-state index contributed by atoms with van der Waals surface area (Å²) in [4.78, 5) is 20.1. The summed E-state index contributed by atoms with van der Waals surface area (Å²) in [5.41, 5.74) is 0.798. The molecule has 0 radical (unpaired) electrons. The van der Waals surface area contributed by atoms with Crippen molar-refractivity contribution in [1.82, 2.24) is 15.3 Å². The Balaban J connectivity index is 2.05. The molecule has 1 aliphatic carbocycles. The lowest BCUT2D eigenvalue weighted by Gasteiger charge is -2.45. The third kappa shape index (κ3) is 3.92. The first-order valence-electron chi connectivity index (χ1n) is 6.95. The molecule has 1 amide bonds. The van der Waals surface area contributed by atoms with Crippen molar-refractivity contribution in [3.63, 3.8) is 0 Å². The Hall–Kier alpha value is -1.16. The first kappa shape index (κ1) is 15.2. The fraction of sp³-hybridized carbons (Fsp3) is 0.667. The van der Waals surface area contributed by atoms with Gasteiger partial charge in [-0.05, 0) is 30.1 Å². The minimum absolute atomic E-state index is 0.173. The van der Waals surface area contributed by atoms with Crippen LogP contribution < -0.4 is 5.32 Å². The zero-order valence-corrected chi connectivity index (χ0v) is 13.3. The Morgan fingerprint density at radius 3 is 2.30 bits per heavy atom. The van der Waals surface area contributed by atoms with Crippen molar-refractivity contribution in [1.29, 1.82) is 0 Å². The summed E-state index contributed by atoms with van der Waals surface area (Å²) in [5.74, 6) is -0.173. The molecule has 1 fully saturated rings. The van der Waals surface area contributed by atoms with Crippen molar-refractivity contribution in [3.8, 4) is 0 Å². The minimum Gasteiger partial charge on any atom is -0.348 e. The van der Waals surface area contributed by atoms with E-state index in [9.17, 15) is 4.79 Å². The number of aromatic nitrogens is 2. The number of hydrogen-bond donors (Lipinski definition) is 1. The Bertz CT molecular complexity index is 480. The number of carbonyl (C=O) groups excluding carboxylic acids is 1. The lowest BCUT2D eigenvalue weighted by atomic mass is 9.63. The second-order valence-electron chi connectivity index (χ2n) is 7.31. The maximum atomic E-state index is 12.2. The summed E-state index contributed by atoms with van der Waals surface area (Å²) in [6.45, 7) is 9.04. The lowest BCUT2D eigenvalue weighted by molar-refractivity contribution is 0.0710. The maximum absolute atomic E-state index is 12.2. The van der Waals surface area contributed by atoms with Crippen LogP contribution in [-0.4, -0.2) is 21.9 Å². The monoisotopic (exact) mass is 295 g/mol. The predicted molar refractivity (Wildman–Crippen MR) is 79.7 cm³/mol. The molecule has 2 rings (SSSR count). The van der Waals surface area contributed by atoms with Gasteiger partial charge in [0.2, 0.25) is 0 Å². The highest BCUT2D eigenvalue weighted by atomic mass is 35.5. The standard InChI is InChI=1S/C15H22ClN3O/c1-14(2)5-10(6-15(3,4)9-14)19-13(20)11-7-18-12(16)8-17-11/h7-8,10H,5-6,9H2,1-4H3,(H,19,20). The maximum Gasteiger partial charge on any atom is 0.271 e. The molecule has 20 heavy (non-hydrogen) atoms. The van der Waals surface area contributed by atoms with Crippen molar-refractivity contribution < 1.29 is 4.79 Å². The van der Waals surface area contributed by atoms with Gasteiger partial charge in [0.1, 0.15) is 10.8 Å². The van der Waals surface area contributed by atoms with Gasteiger partial charge in [0.15, 0.2) is 0 Å². The summed E-state index contributed by atoms with van der Waals surface area (Å²) >= 11 is 5.68. The molecule has 1 aromatic rings. The van der Waals surface area contributed by atoms with Crippen LogP contribution in [-0.2, 0) is 0 Å². The number of halogens is 1. The highest BCUT2D eigenvalue weighted by Gasteiger charge is 2.39. The van der Waals surface area contributed by atoms with Gasteiger partial charge in [-0.2, -0.15) is 0 Å². The molecular weight excluding hydrogens is 274 g/mol. The highest BCUT2D eigenvalue weighted by molar-refractivity contribution is 6.29.